The summed E-state index contributed by atoms with van der Waals surface area (Å²) in [6.45, 7) is 1.89. The number of amides is 1. The van der Waals surface area contributed by atoms with Crippen LogP contribution in [0.1, 0.15) is 41.7 Å². The van der Waals surface area contributed by atoms with Crippen molar-refractivity contribution < 1.29 is 4.79 Å². The van der Waals surface area contributed by atoms with Crippen LogP contribution in [-0.4, -0.2) is 26.7 Å². The van der Waals surface area contributed by atoms with Gasteiger partial charge < -0.3 is 5.32 Å². The number of aromatic nitrogens is 3. The van der Waals surface area contributed by atoms with E-state index in [4.69, 9.17) is 0 Å². The number of pyridine rings is 1. The lowest BCUT2D eigenvalue weighted by Gasteiger charge is -2.11. The van der Waals surface area contributed by atoms with Crippen LogP contribution in [0, 0.1) is 6.92 Å². The van der Waals surface area contributed by atoms with E-state index in [9.17, 15) is 4.79 Å². The van der Waals surface area contributed by atoms with E-state index in [1.54, 1.807) is 17.1 Å². The summed E-state index contributed by atoms with van der Waals surface area (Å²) in [5.74, 6) is 0.696. The SMILES string of the molecule is Cc1c(C(=O)NC2CCCC2)cnn1-c1ccccn1. The number of hydrogen-bond donors (Lipinski definition) is 1. The molecule has 1 aliphatic rings. The Labute approximate surface area is 118 Å². The molecule has 0 bridgehead atoms. The van der Waals surface area contributed by atoms with E-state index in [-0.39, 0.29) is 5.91 Å². The molecule has 104 valence electrons. The summed E-state index contributed by atoms with van der Waals surface area (Å²) in [6.07, 6.45) is 7.91. The van der Waals surface area contributed by atoms with E-state index in [2.05, 4.69) is 15.4 Å². The molecule has 0 saturated heterocycles. The molecule has 0 aromatic carbocycles. The normalized spacial score (nSPS) is 15.4. The van der Waals surface area contributed by atoms with Gasteiger partial charge in [-0.2, -0.15) is 5.10 Å². The highest BCUT2D eigenvalue weighted by Gasteiger charge is 2.21. The van der Waals surface area contributed by atoms with Crippen molar-refractivity contribution >= 4 is 5.91 Å². The third-order valence-electron chi connectivity index (χ3n) is 3.81. The zero-order valence-electron chi connectivity index (χ0n) is 11.5. The largest absolute Gasteiger partial charge is 0.349 e. The van der Waals surface area contributed by atoms with Gasteiger partial charge in [0.1, 0.15) is 0 Å². The molecule has 1 saturated carbocycles. The van der Waals surface area contributed by atoms with E-state index in [1.165, 1.54) is 12.8 Å². The second kappa shape index (κ2) is 5.45. The average molecular weight is 270 g/mol. The maximum absolute atomic E-state index is 12.3. The standard InChI is InChI=1S/C15H18N4O/c1-11-13(15(20)18-12-6-2-3-7-12)10-17-19(11)14-8-4-5-9-16-14/h4-5,8-10,12H,2-3,6-7H2,1H3,(H,18,20). The van der Waals surface area contributed by atoms with Gasteiger partial charge in [-0.1, -0.05) is 18.9 Å². The Morgan fingerprint density at radius 2 is 2.15 bits per heavy atom. The Bertz CT molecular complexity index is 600. The second-order valence-electron chi connectivity index (χ2n) is 5.20. The van der Waals surface area contributed by atoms with Gasteiger partial charge in [0.05, 0.1) is 17.5 Å². The highest BCUT2D eigenvalue weighted by molar-refractivity contribution is 5.95. The Balaban J connectivity index is 1.81. The molecule has 3 rings (SSSR count). The molecular weight excluding hydrogens is 252 g/mol. The van der Waals surface area contributed by atoms with E-state index in [0.29, 0.717) is 11.6 Å². The van der Waals surface area contributed by atoms with Gasteiger partial charge in [-0.05, 0) is 31.9 Å². The van der Waals surface area contributed by atoms with E-state index in [0.717, 1.165) is 24.4 Å². The summed E-state index contributed by atoms with van der Waals surface area (Å²) in [5, 5.41) is 7.36. The zero-order valence-corrected chi connectivity index (χ0v) is 11.5. The van der Waals surface area contributed by atoms with Gasteiger partial charge in [-0.25, -0.2) is 9.67 Å². The highest BCUT2D eigenvalue weighted by atomic mass is 16.1. The first-order chi connectivity index (χ1) is 9.75. The fraction of sp³-hybridized carbons (Fsp3) is 0.400. The Kier molecular flexibility index (Phi) is 3.50. The number of nitrogens with zero attached hydrogens (tertiary/aromatic N) is 3. The van der Waals surface area contributed by atoms with Crippen LogP contribution in [0.3, 0.4) is 0 Å². The van der Waals surface area contributed by atoms with Gasteiger partial charge in [-0.3, -0.25) is 4.79 Å². The molecule has 2 aromatic rings. The van der Waals surface area contributed by atoms with Crippen molar-refractivity contribution in [3.8, 4) is 5.82 Å². The van der Waals surface area contributed by atoms with Gasteiger partial charge in [0.25, 0.3) is 5.91 Å². The van der Waals surface area contributed by atoms with E-state index >= 15 is 0 Å². The van der Waals surface area contributed by atoms with Crippen molar-refractivity contribution in [1.82, 2.24) is 20.1 Å². The monoisotopic (exact) mass is 270 g/mol. The van der Waals surface area contributed by atoms with Crippen LogP contribution >= 0.6 is 0 Å². The Morgan fingerprint density at radius 3 is 2.85 bits per heavy atom. The molecule has 5 nitrogen and oxygen atoms in total. The number of rotatable bonds is 3. The van der Waals surface area contributed by atoms with Crippen LogP contribution in [-0.2, 0) is 0 Å². The van der Waals surface area contributed by atoms with Gasteiger partial charge in [0, 0.05) is 12.2 Å². The smallest absolute Gasteiger partial charge is 0.254 e. The number of carbonyl (C=O) groups is 1. The lowest BCUT2D eigenvalue weighted by Crippen LogP contribution is -2.32. The van der Waals surface area contributed by atoms with Gasteiger partial charge in [0.2, 0.25) is 0 Å². The molecule has 0 spiro atoms. The Morgan fingerprint density at radius 1 is 1.35 bits per heavy atom. The third-order valence-corrected chi connectivity index (χ3v) is 3.81. The molecule has 0 radical (unpaired) electrons. The van der Waals surface area contributed by atoms with Crippen LogP contribution in [0.15, 0.2) is 30.6 Å². The fourth-order valence-electron chi connectivity index (χ4n) is 2.68. The molecule has 1 aliphatic carbocycles. The van der Waals surface area contributed by atoms with Crippen molar-refractivity contribution in [2.75, 3.05) is 0 Å². The van der Waals surface area contributed by atoms with Crippen LogP contribution in [0.2, 0.25) is 0 Å². The van der Waals surface area contributed by atoms with Crippen molar-refractivity contribution in [2.24, 2.45) is 0 Å². The molecule has 0 aliphatic heterocycles. The first-order valence-electron chi connectivity index (χ1n) is 7.02. The summed E-state index contributed by atoms with van der Waals surface area (Å²) >= 11 is 0. The molecule has 0 atom stereocenters. The first-order valence-corrected chi connectivity index (χ1v) is 7.02. The Hall–Kier alpha value is -2.17. The molecule has 1 fully saturated rings. The maximum Gasteiger partial charge on any atom is 0.254 e. The van der Waals surface area contributed by atoms with Crippen molar-refractivity contribution in [1.29, 1.82) is 0 Å². The summed E-state index contributed by atoms with van der Waals surface area (Å²) in [6, 6.07) is 5.95. The minimum Gasteiger partial charge on any atom is -0.349 e. The lowest BCUT2D eigenvalue weighted by molar-refractivity contribution is 0.0937. The number of hydrogen-bond acceptors (Lipinski definition) is 3. The number of nitrogens with one attached hydrogen (secondary N) is 1. The quantitative estimate of drug-likeness (QED) is 0.930. The van der Waals surface area contributed by atoms with Gasteiger partial charge in [-0.15, -0.1) is 0 Å². The van der Waals surface area contributed by atoms with Crippen molar-refractivity contribution in [3.05, 3.63) is 41.9 Å². The predicted molar refractivity (Wildman–Crippen MR) is 75.8 cm³/mol. The summed E-state index contributed by atoms with van der Waals surface area (Å²) < 4.78 is 1.70. The highest BCUT2D eigenvalue weighted by Crippen LogP contribution is 2.19. The maximum atomic E-state index is 12.3. The second-order valence-corrected chi connectivity index (χ2v) is 5.20. The molecule has 0 unspecified atom stereocenters. The van der Waals surface area contributed by atoms with E-state index in [1.807, 2.05) is 25.1 Å². The van der Waals surface area contributed by atoms with Gasteiger partial charge >= 0.3 is 0 Å². The minimum absolute atomic E-state index is 0.0309. The fourth-order valence-corrected chi connectivity index (χ4v) is 2.68. The molecule has 5 heteroatoms. The van der Waals surface area contributed by atoms with Crippen molar-refractivity contribution in [3.63, 3.8) is 0 Å². The third kappa shape index (κ3) is 2.43. The topological polar surface area (TPSA) is 59.8 Å². The first kappa shape index (κ1) is 12.8. The van der Waals surface area contributed by atoms with Crippen molar-refractivity contribution in [2.45, 2.75) is 38.6 Å². The summed E-state index contributed by atoms with van der Waals surface area (Å²) in [5.41, 5.74) is 1.45. The zero-order chi connectivity index (χ0) is 13.9. The summed E-state index contributed by atoms with van der Waals surface area (Å²) in [7, 11) is 0. The van der Waals surface area contributed by atoms with Crippen LogP contribution in [0.25, 0.3) is 5.82 Å². The average Bonchev–Trinajstić information content (AvgIpc) is 3.09. The number of carbonyl (C=O) groups excluding carboxylic acids is 1. The van der Waals surface area contributed by atoms with Crippen LogP contribution < -0.4 is 5.32 Å². The molecule has 20 heavy (non-hydrogen) atoms. The predicted octanol–water partition coefficient (Wildman–Crippen LogP) is 2.25. The molecule has 2 heterocycles. The lowest BCUT2D eigenvalue weighted by atomic mass is 10.2. The molecule has 1 amide bonds. The van der Waals surface area contributed by atoms with Crippen LogP contribution in [0.5, 0.6) is 0 Å². The van der Waals surface area contributed by atoms with Gasteiger partial charge in [0.15, 0.2) is 5.82 Å². The molecule has 1 N–H and O–H groups in total. The minimum atomic E-state index is -0.0309. The summed E-state index contributed by atoms with van der Waals surface area (Å²) in [4.78, 5) is 16.5. The van der Waals surface area contributed by atoms with Crippen LogP contribution in [0.4, 0.5) is 0 Å². The van der Waals surface area contributed by atoms with E-state index < -0.39 is 0 Å². The molecule has 2 aromatic heterocycles. The molecular formula is C15H18N4O.